The molecular weight excluding hydrogens is 555 g/mol. The highest BCUT2D eigenvalue weighted by atomic mass is 14.2. The molecule has 0 aliphatic heterocycles. The molecule has 0 aliphatic rings. The van der Waals surface area contributed by atoms with Crippen LogP contribution in [-0.2, 0) is 0 Å². The number of rotatable bonds is 5. The molecule has 0 N–H and O–H groups in total. The predicted octanol–water partition coefficient (Wildman–Crippen LogP) is 12.2. The third-order valence-corrected chi connectivity index (χ3v) is 8.87. The van der Waals surface area contributed by atoms with Gasteiger partial charge in [0.2, 0.25) is 0 Å². The van der Waals surface area contributed by atoms with Crippen molar-refractivity contribution in [2.24, 2.45) is 0 Å². The standard InChI is InChI=1S/C45H29N/c46-30-31-12-9-17-34(26-31)37-24-25-42-43(29-37)45(39-21-11-19-36(28-39)33-15-5-2-6-16-33)41-23-8-7-22-40(41)44(42)38-20-10-18-35(27-38)32-13-3-1-4-14-32/h1-29H. The normalized spacial score (nSPS) is 11.0. The zero-order chi connectivity index (χ0) is 30.9. The fraction of sp³-hybridized carbons (Fsp3) is 0. The van der Waals surface area contributed by atoms with Crippen molar-refractivity contribution >= 4 is 21.5 Å². The van der Waals surface area contributed by atoms with Crippen LogP contribution in [0.15, 0.2) is 176 Å². The van der Waals surface area contributed by atoms with Crippen molar-refractivity contribution in [1.82, 2.24) is 0 Å². The van der Waals surface area contributed by atoms with Gasteiger partial charge in [0.15, 0.2) is 0 Å². The first-order valence-corrected chi connectivity index (χ1v) is 15.6. The summed E-state index contributed by atoms with van der Waals surface area (Å²) in [5.41, 5.74) is 12.4. The molecule has 8 rings (SSSR count). The van der Waals surface area contributed by atoms with Crippen LogP contribution in [0.1, 0.15) is 5.56 Å². The maximum atomic E-state index is 9.63. The molecule has 0 atom stereocenters. The van der Waals surface area contributed by atoms with E-state index in [1.165, 1.54) is 66.1 Å². The molecule has 8 aromatic carbocycles. The van der Waals surface area contributed by atoms with Crippen molar-refractivity contribution in [3.63, 3.8) is 0 Å². The lowest BCUT2D eigenvalue weighted by molar-refractivity contribution is 1.48. The van der Waals surface area contributed by atoms with E-state index in [1.807, 2.05) is 18.2 Å². The molecule has 8 aromatic rings. The predicted molar refractivity (Wildman–Crippen MR) is 193 cm³/mol. The molecule has 0 radical (unpaired) electrons. The highest BCUT2D eigenvalue weighted by molar-refractivity contribution is 6.22. The Hall–Kier alpha value is -6.23. The van der Waals surface area contributed by atoms with Gasteiger partial charge in [-0.25, -0.2) is 0 Å². The largest absolute Gasteiger partial charge is 0.192 e. The second kappa shape index (κ2) is 11.7. The first-order valence-electron chi connectivity index (χ1n) is 15.6. The summed E-state index contributed by atoms with van der Waals surface area (Å²) in [5.74, 6) is 0. The Bertz CT molecular complexity index is 2410. The van der Waals surface area contributed by atoms with Gasteiger partial charge < -0.3 is 0 Å². The van der Waals surface area contributed by atoms with Crippen LogP contribution in [0.25, 0.3) is 77.2 Å². The lowest BCUT2D eigenvalue weighted by atomic mass is 9.84. The summed E-state index contributed by atoms with van der Waals surface area (Å²) in [6.07, 6.45) is 0. The Morgan fingerprint density at radius 1 is 0.283 bits per heavy atom. The summed E-state index contributed by atoms with van der Waals surface area (Å²) < 4.78 is 0. The molecule has 0 aromatic heterocycles. The van der Waals surface area contributed by atoms with Crippen LogP contribution in [-0.4, -0.2) is 0 Å². The molecule has 1 heteroatoms. The van der Waals surface area contributed by atoms with E-state index in [-0.39, 0.29) is 0 Å². The Balaban J connectivity index is 1.45. The fourth-order valence-electron chi connectivity index (χ4n) is 6.72. The summed E-state index contributed by atoms with van der Waals surface area (Å²) in [6, 6.07) is 64.7. The molecule has 0 bridgehead atoms. The van der Waals surface area contributed by atoms with E-state index in [0.717, 1.165) is 11.1 Å². The minimum atomic E-state index is 0.658. The molecule has 0 saturated carbocycles. The van der Waals surface area contributed by atoms with Gasteiger partial charge >= 0.3 is 0 Å². The summed E-state index contributed by atoms with van der Waals surface area (Å²) in [6.45, 7) is 0. The molecule has 46 heavy (non-hydrogen) atoms. The van der Waals surface area contributed by atoms with E-state index in [0.29, 0.717) is 5.56 Å². The summed E-state index contributed by atoms with van der Waals surface area (Å²) >= 11 is 0. The minimum Gasteiger partial charge on any atom is -0.192 e. The molecule has 0 amide bonds. The topological polar surface area (TPSA) is 23.8 Å². The van der Waals surface area contributed by atoms with E-state index in [9.17, 15) is 5.26 Å². The Morgan fingerprint density at radius 3 is 1.26 bits per heavy atom. The van der Waals surface area contributed by atoms with Gasteiger partial charge in [0, 0.05) is 0 Å². The maximum absolute atomic E-state index is 9.63. The Kier molecular flexibility index (Phi) is 6.95. The molecule has 0 heterocycles. The van der Waals surface area contributed by atoms with Gasteiger partial charge in [-0.05, 0) is 108 Å². The maximum Gasteiger partial charge on any atom is 0.0991 e. The van der Waals surface area contributed by atoms with Gasteiger partial charge in [-0.2, -0.15) is 5.26 Å². The number of hydrogen-bond acceptors (Lipinski definition) is 1. The van der Waals surface area contributed by atoms with Gasteiger partial charge in [0.1, 0.15) is 0 Å². The average molecular weight is 584 g/mol. The molecule has 0 fully saturated rings. The van der Waals surface area contributed by atoms with Crippen LogP contribution in [0, 0.1) is 11.3 Å². The molecule has 1 nitrogen and oxygen atoms in total. The fourth-order valence-corrected chi connectivity index (χ4v) is 6.72. The monoisotopic (exact) mass is 583 g/mol. The van der Waals surface area contributed by atoms with Gasteiger partial charge in [0.05, 0.1) is 11.6 Å². The first-order chi connectivity index (χ1) is 22.8. The molecule has 0 spiro atoms. The van der Waals surface area contributed by atoms with Crippen molar-refractivity contribution in [1.29, 1.82) is 5.26 Å². The van der Waals surface area contributed by atoms with Crippen molar-refractivity contribution in [3.05, 3.63) is 181 Å². The van der Waals surface area contributed by atoms with E-state index in [1.54, 1.807) is 0 Å². The van der Waals surface area contributed by atoms with Crippen molar-refractivity contribution in [3.8, 4) is 61.7 Å². The highest BCUT2D eigenvalue weighted by Crippen LogP contribution is 2.45. The zero-order valence-corrected chi connectivity index (χ0v) is 25.2. The Labute approximate surface area is 269 Å². The lowest BCUT2D eigenvalue weighted by Crippen LogP contribution is -1.92. The van der Waals surface area contributed by atoms with E-state index >= 15 is 0 Å². The van der Waals surface area contributed by atoms with Crippen molar-refractivity contribution in [2.75, 3.05) is 0 Å². The van der Waals surface area contributed by atoms with Crippen molar-refractivity contribution in [2.45, 2.75) is 0 Å². The molecule has 0 saturated heterocycles. The van der Waals surface area contributed by atoms with Crippen LogP contribution in [0.3, 0.4) is 0 Å². The number of hydrogen-bond donors (Lipinski definition) is 0. The van der Waals surface area contributed by atoms with Crippen LogP contribution in [0.2, 0.25) is 0 Å². The average Bonchev–Trinajstić information content (AvgIpc) is 3.14. The molecule has 0 unspecified atom stereocenters. The second-order valence-electron chi connectivity index (χ2n) is 11.6. The quantitative estimate of drug-likeness (QED) is 0.185. The summed E-state index contributed by atoms with van der Waals surface area (Å²) in [4.78, 5) is 0. The van der Waals surface area contributed by atoms with Gasteiger partial charge in [-0.1, -0.05) is 146 Å². The third-order valence-electron chi connectivity index (χ3n) is 8.87. The lowest BCUT2D eigenvalue weighted by Gasteiger charge is -2.19. The number of fused-ring (bicyclic) bond motifs is 2. The summed E-state index contributed by atoms with van der Waals surface area (Å²) in [5, 5.41) is 14.4. The number of benzene rings is 8. The molecule has 0 aliphatic carbocycles. The highest BCUT2D eigenvalue weighted by Gasteiger charge is 2.18. The van der Waals surface area contributed by atoms with Crippen LogP contribution < -0.4 is 0 Å². The van der Waals surface area contributed by atoms with Crippen LogP contribution in [0.5, 0.6) is 0 Å². The molecular formula is C45H29N. The van der Waals surface area contributed by atoms with E-state index in [4.69, 9.17) is 0 Å². The SMILES string of the molecule is N#Cc1cccc(-c2ccc3c(-c4cccc(-c5ccccc5)c4)c4ccccc4c(-c4cccc(-c5ccccc5)c4)c3c2)c1. The molecule has 214 valence electrons. The van der Waals surface area contributed by atoms with Gasteiger partial charge in [-0.3, -0.25) is 0 Å². The van der Waals surface area contributed by atoms with E-state index < -0.39 is 0 Å². The summed E-state index contributed by atoms with van der Waals surface area (Å²) in [7, 11) is 0. The number of nitriles is 1. The second-order valence-corrected chi connectivity index (χ2v) is 11.6. The van der Waals surface area contributed by atoms with Crippen LogP contribution in [0.4, 0.5) is 0 Å². The zero-order valence-electron chi connectivity index (χ0n) is 25.2. The first kappa shape index (κ1) is 27.3. The van der Waals surface area contributed by atoms with E-state index in [2.05, 4.69) is 164 Å². The number of nitrogens with zero attached hydrogens (tertiary/aromatic N) is 1. The van der Waals surface area contributed by atoms with Gasteiger partial charge in [-0.15, -0.1) is 0 Å². The smallest absolute Gasteiger partial charge is 0.0991 e. The Morgan fingerprint density at radius 2 is 0.696 bits per heavy atom. The third kappa shape index (κ3) is 4.93. The minimum absolute atomic E-state index is 0.658. The van der Waals surface area contributed by atoms with Crippen LogP contribution >= 0.6 is 0 Å². The van der Waals surface area contributed by atoms with Crippen molar-refractivity contribution < 1.29 is 0 Å². The van der Waals surface area contributed by atoms with Gasteiger partial charge in [0.25, 0.3) is 0 Å².